The Bertz CT molecular complexity index is 1210. The highest BCUT2D eigenvalue weighted by atomic mass is 32.2. The molecular formula is C22H20FN3O2S. The van der Waals surface area contributed by atoms with Crippen molar-refractivity contribution >= 4 is 21.7 Å². The molecular weight excluding hydrogens is 389 g/mol. The van der Waals surface area contributed by atoms with Crippen LogP contribution in [0.5, 0.6) is 0 Å². The number of rotatable bonds is 4. The fourth-order valence-corrected chi connectivity index (χ4v) is 4.51. The summed E-state index contributed by atoms with van der Waals surface area (Å²) in [6.07, 6.45) is 0.577. The maximum Gasteiger partial charge on any atom is 0.266 e. The Hall–Kier alpha value is -3.19. The molecule has 0 atom stereocenters. The molecule has 3 aromatic carbocycles. The van der Waals surface area contributed by atoms with Crippen LogP contribution in [0.1, 0.15) is 22.3 Å². The number of benzene rings is 3. The van der Waals surface area contributed by atoms with Crippen molar-refractivity contribution < 1.29 is 12.8 Å². The molecule has 0 unspecified atom stereocenters. The van der Waals surface area contributed by atoms with Gasteiger partial charge in [-0.15, -0.1) is 0 Å². The Morgan fingerprint density at radius 1 is 0.966 bits per heavy atom. The number of anilines is 1. The van der Waals surface area contributed by atoms with E-state index in [1.807, 2.05) is 31.2 Å². The molecule has 1 aliphatic rings. The third-order valence-corrected chi connectivity index (χ3v) is 6.10. The monoisotopic (exact) mass is 409 g/mol. The van der Waals surface area contributed by atoms with Gasteiger partial charge in [0.05, 0.1) is 12.2 Å². The second-order valence-electron chi connectivity index (χ2n) is 6.94. The van der Waals surface area contributed by atoms with Gasteiger partial charge in [-0.3, -0.25) is 0 Å². The summed E-state index contributed by atoms with van der Waals surface area (Å²) in [5.74, 6) is -0.298. The molecule has 4 rings (SSSR count). The van der Waals surface area contributed by atoms with Crippen LogP contribution >= 0.6 is 0 Å². The first kappa shape index (κ1) is 19.1. The van der Waals surface area contributed by atoms with Crippen molar-refractivity contribution in [3.8, 4) is 0 Å². The fraction of sp³-hybridized carbons (Fsp3) is 0.136. The van der Waals surface area contributed by atoms with Gasteiger partial charge in [-0.1, -0.05) is 60.2 Å². The lowest BCUT2D eigenvalue weighted by Crippen LogP contribution is -2.41. The van der Waals surface area contributed by atoms with Crippen molar-refractivity contribution in [1.82, 2.24) is 4.72 Å². The maximum atomic E-state index is 13.8. The van der Waals surface area contributed by atoms with Gasteiger partial charge in [0.2, 0.25) is 5.96 Å². The first-order valence-corrected chi connectivity index (χ1v) is 10.7. The first-order valence-electron chi connectivity index (χ1n) is 9.17. The number of fused-ring (bicyclic) bond motifs is 1. The molecule has 0 aliphatic carbocycles. The summed E-state index contributed by atoms with van der Waals surface area (Å²) in [5.41, 5.74) is 3.96. The van der Waals surface area contributed by atoms with E-state index in [1.54, 1.807) is 30.3 Å². The van der Waals surface area contributed by atoms with E-state index >= 15 is 0 Å². The Labute approximate surface area is 169 Å². The molecule has 0 bridgehead atoms. The van der Waals surface area contributed by atoms with Crippen LogP contribution in [0.2, 0.25) is 0 Å². The number of sulfonamides is 1. The molecule has 0 saturated heterocycles. The van der Waals surface area contributed by atoms with E-state index in [9.17, 15) is 12.8 Å². The number of para-hydroxylation sites is 1. The summed E-state index contributed by atoms with van der Waals surface area (Å²) < 4.78 is 41.7. The van der Waals surface area contributed by atoms with Crippen LogP contribution in [0.25, 0.3) is 0 Å². The van der Waals surface area contributed by atoms with E-state index < -0.39 is 10.0 Å². The number of aliphatic imine (C=N–C) groups is 1. The lowest BCUT2D eigenvalue weighted by Gasteiger charge is -2.24. The smallest absolute Gasteiger partial charge is 0.266 e. The summed E-state index contributed by atoms with van der Waals surface area (Å²) in [6.45, 7) is 2.04. The zero-order chi connectivity index (χ0) is 20.4. The van der Waals surface area contributed by atoms with Crippen LogP contribution < -0.4 is 10.0 Å². The average Bonchev–Trinajstić information content (AvgIpc) is 2.68. The van der Waals surface area contributed by atoms with Crippen molar-refractivity contribution in [3.05, 3.63) is 94.8 Å². The third kappa shape index (κ3) is 4.14. The minimum Gasteiger partial charge on any atom is -0.324 e. The second kappa shape index (κ2) is 7.67. The van der Waals surface area contributed by atoms with Crippen LogP contribution in [0.3, 0.4) is 0 Å². The number of hydrogen-bond donors (Lipinski definition) is 2. The summed E-state index contributed by atoms with van der Waals surface area (Å²) in [5, 5.41) is 3.08. The minimum atomic E-state index is -3.77. The second-order valence-corrected chi connectivity index (χ2v) is 8.59. The number of nitrogens with zero attached hydrogens (tertiary/aromatic N) is 1. The molecule has 3 aromatic rings. The molecule has 0 amide bonds. The Kier molecular flexibility index (Phi) is 5.07. The molecule has 29 heavy (non-hydrogen) atoms. The van der Waals surface area contributed by atoms with Crippen molar-refractivity contribution in [3.63, 3.8) is 0 Å². The highest BCUT2D eigenvalue weighted by Gasteiger charge is 2.28. The predicted octanol–water partition coefficient (Wildman–Crippen LogP) is 3.98. The first-order chi connectivity index (χ1) is 13.9. The molecule has 0 fully saturated rings. The number of hydrogen-bond acceptors (Lipinski definition) is 3. The SMILES string of the molecule is Cc1cccc(Cc2cccc3c2NC(=NCc2ccccc2F)NS3(=O)=O)c1. The van der Waals surface area contributed by atoms with E-state index in [-0.39, 0.29) is 23.2 Å². The van der Waals surface area contributed by atoms with Gasteiger partial charge in [0.1, 0.15) is 10.7 Å². The third-order valence-electron chi connectivity index (χ3n) is 4.72. The summed E-state index contributed by atoms with van der Waals surface area (Å²) in [4.78, 5) is 4.42. The predicted molar refractivity (Wildman–Crippen MR) is 112 cm³/mol. The van der Waals surface area contributed by atoms with Gasteiger partial charge in [0.15, 0.2) is 0 Å². The maximum absolute atomic E-state index is 13.8. The fourth-order valence-electron chi connectivity index (χ4n) is 3.32. The molecule has 0 spiro atoms. The van der Waals surface area contributed by atoms with Crippen molar-refractivity contribution in [2.45, 2.75) is 24.8 Å². The normalized spacial score (nSPS) is 16.0. The van der Waals surface area contributed by atoms with Crippen molar-refractivity contribution in [1.29, 1.82) is 0 Å². The van der Waals surface area contributed by atoms with Crippen molar-refractivity contribution in [2.75, 3.05) is 5.32 Å². The highest BCUT2D eigenvalue weighted by molar-refractivity contribution is 7.90. The lowest BCUT2D eigenvalue weighted by atomic mass is 10.0. The summed E-state index contributed by atoms with van der Waals surface area (Å²) in [6, 6.07) is 19.5. The molecule has 0 aromatic heterocycles. The molecule has 7 heteroatoms. The van der Waals surface area contributed by atoms with Crippen LogP contribution in [0.4, 0.5) is 10.1 Å². The molecule has 5 nitrogen and oxygen atoms in total. The molecule has 0 saturated carbocycles. The van der Waals surface area contributed by atoms with Crippen LogP contribution in [0, 0.1) is 12.7 Å². The van der Waals surface area contributed by atoms with E-state index in [1.165, 1.54) is 6.07 Å². The number of guanidine groups is 1. The van der Waals surface area contributed by atoms with Gasteiger partial charge in [-0.25, -0.2) is 22.5 Å². The summed E-state index contributed by atoms with van der Waals surface area (Å²) in [7, 11) is -3.77. The standard InChI is InChI=1S/C22H20FN3O2S/c1-15-6-4-7-16(12-15)13-17-9-5-11-20-21(17)25-22(26-29(20,27)28)24-14-18-8-2-3-10-19(18)23/h2-12H,13-14H2,1H3,(H2,24,25,26). The van der Waals surface area contributed by atoms with Gasteiger partial charge in [-0.05, 0) is 36.6 Å². The summed E-state index contributed by atoms with van der Waals surface area (Å²) >= 11 is 0. The zero-order valence-corrected chi connectivity index (χ0v) is 16.6. The van der Waals surface area contributed by atoms with Gasteiger partial charge >= 0.3 is 0 Å². The molecule has 1 heterocycles. The lowest BCUT2D eigenvalue weighted by molar-refractivity contribution is 0.591. The van der Waals surface area contributed by atoms with Gasteiger partial charge < -0.3 is 5.32 Å². The quantitative estimate of drug-likeness (QED) is 0.685. The number of aryl methyl sites for hydroxylation is 1. The van der Waals surface area contributed by atoms with Gasteiger partial charge in [0, 0.05) is 5.56 Å². The van der Waals surface area contributed by atoms with E-state index in [0.717, 1.165) is 16.7 Å². The number of nitrogens with one attached hydrogen (secondary N) is 2. The molecule has 148 valence electrons. The topological polar surface area (TPSA) is 70.6 Å². The number of halogens is 1. The largest absolute Gasteiger partial charge is 0.324 e. The van der Waals surface area contributed by atoms with E-state index in [2.05, 4.69) is 21.1 Å². The van der Waals surface area contributed by atoms with Crippen LogP contribution in [0.15, 0.2) is 76.6 Å². The minimum absolute atomic E-state index is 0.0207. The van der Waals surface area contributed by atoms with E-state index in [0.29, 0.717) is 17.7 Å². The zero-order valence-electron chi connectivity index (χ0n) is 15.8. The van der Waals surface area contributed by atoms with Crippen LogP contribution in [-0.4, -0.2) is 14.4 Å². The Morgan fingerprint density at radius 3 is 2.52 bits per heavy atom. The molecule has 2 N–H and O–H groups in total. The average molecular weight is 409 g/mol. The molecule has 1 aliphatic heterocycles. The Balaban J connectivity index is 1.68. The van der Waals surface area contributed by atoms with E-state index in [4.69, 9.17) is 0 Å². The van der Waals surface area contributed by atoms with Crippen LogP contribution in [-0.2, 0) is 23.0 Å². The highest BCUT2D eigenvalue weighted by Crippen LogP contribution is 2.30. The van der Waals surface area contributed by atoms with Gasteiger partial charge in [0.25, 0.3) is 10.0 Å². The molecule has 0 radical (unpaired) electrons. The van der Waals surface area contributed by atoms with Gasteiger partial charge in [-0.2, -0.15) is 0 Å². The Morgan fingerprint density at radius 2 is 1.72 bits per heavy atom. The van der Waals surface area contributed by atoms with Crippen molar-refractivity contribution in [2.24, 2.45) is 4.99 Å².